The van der Waals surface area contributed by atoms with Crippen molar-refractivity contribution in [3.05, 3.63) is 45.7 Å². The number of H-pyrrole nitrogens is 1. The predicted octanol–water partition coefficient (Wildman–Crippen LogP) is 1.94. The Morgan fingerprint density at radius 1 is 1.32 bits per heavy atom. The summed E-state index contributed by atoms with van der Waals surface area (Å²) < 4.78 is 5.23. The van der Waals surface area contributed by atoms with Crippen LogP contribution in [0.3, 0.4) is 0 Å². The number of nitriles is 1. The first kappa shape index (κ1) is 12.7. The Balaban J connectivity index is 2.82. The monoisotopic (exact) mass is 256 g/mol. The maximum absolute atomic E-state index is 11.5. The Bertz CT molecular complexity index is 726. The number of aromatic hydroxyl groups is 1. The van der Waals surface area contributed by atoms with Crippen LogP contribution in [0.4, 0.5) is 0 Å². The van der Waals surface area contributed by atoms with Crippen molar-refractivity contribution in [1.29, 1.82) is 5.26 Å². The summed E-state index contributed by atoms with van der Waals surface area (Å²) in [5, 5.41) is 18.8. The zero-order valence-electron chi connectivity index (χ0n) is 10.5. The SMILES string of the molecule is COc1ccc(C)cc1-c1cc(=O)[nH]c(O)c1C#N. The third-order valence-corrected chi connectivity index (χ3v) is 2.78. The van der Waals surface area contributed by atoms with Gasteiger partial charge in [-0.1, -0.05) is 11.6 Å². The van der Waals surface area contributed by atoms with Crippen LogP contribution < -0.4 is 10.3 Å². The van der Waals surface area contributed by atoms with Crippen molar-refractivity contribution in [3.8, 4) is 28.8 Å². The van der Waals surface area contributed by atoms with Crippen LogP contribution in [0.5, 0.6) is 11.6 Å². The fourth-order valence-electron chi connectivity index (χ4n) is 1.90. The second-order valence-electron chi connectivity index (χ2n) is 4.09. The number of ether oxygens (including phenoxy) is 1. The summed E-state index contributed by atoms with van der Waals surface area (Å²) in [4.78, 5) is 13.7. The van der Waals surface area contributed by atoms with E-state index in [1.54, 1.807) is 12.1 Å². The standard InChI is InChI=1S/C14H12N2O3/c1-8-3-4-12(19-2)10(5-8)9-6-13(17)16-14(18)11(9)7-15/h3-6H,1-2H3,(H2,16,17,18). The van der Waals surface area contributed by atoms with Gasteiger partial charge in [0.2, 0.25) is 5.88 Å². The number of pyridine rings is 1. The highest BCUT2D eigenvalue weighted by Gasteiger charge is 2.15. The summed E-state index contributed by atoms with van der Waals surface area (Å²) >= 11 is 0. The molecular weight excluding hydrogens is 244 g/mol. The molecule has 0 atom stereocenters. The van der Waals surface area contributed by atoms with E-state index >= 15 is 0 Å². The maximum Gasteiger partial charge on any atom is 0.251 e. The number of nitrogens with one attached hydrogen (secondary N) is 1. The van der Waals surface area contributed by atoms with Crippen molar-refractivity contribution in [3.63, 3.8) is 0 Å². The van der Waals surface area contributed by atoms with Gasteiger partial charge >= 0.3 is 0 Å². The molecule has 2 rings (SSSR count). The average molecular weight is 256 g/mol. The number of nitrogens with zero attached hydrogens (tertiary/aromatic N) is 1. The molecule has 2 N–H and O–H groups in total. The molecule has 0 unspecified atom stereocenters. The first-order valence-corrected chi connectivity index (χ1v) is 5.58. The molecule has 19 heavy (non-hydrogen) atoms. The molecule has 0 spiro atoms. The van der Waals surface area contributed by atoms with Gasteiger partial charge in [0.05, 0.1) is 7.11 Å². The molecule has 0 aliphatic rings. The van der Waals surface area contributed by atoms with Gasteiger partial charge in [0.1, 0.15) is 17.4 Å². The lowest BCUT2D eigenvalue weighted by Crippen LogP contribution is -2.06. The number of aromatic nitrogens is 1. The Hall–Kier alpha value is -2.74. The number of rotatable bonds is 2. The van der Waals surface area contributed by atoms with E-state index in [1.165, 1.54) is 13.2 Å². The molecule has 0 aliphatic carbocycles. The minimum atomic E-state index is -0.477. The summed E-state index contributed by atoms with van der Waals surface area (Å²) in [6.07, 6.45) is 0. The number of methoxy groups -OCH3 is 1. The van der Waals surface area contributed by atoms with Crippen LogP contribution in [0, 0.1) is 18.3 Å². The molecule has 0 aliphatic heterocycles. The summed E-state index contributed by atoms with van der Waals surface area (Å²) in [6, 6.07) is 8.57. The highest BCUT2D eigenvalue weighted by atomic mass is 16.5. The second kappa shape index (κ2) is 4.86. The number of hydrogen-bond acceptors (Lipinski definition) is 4. The molecule has 5 heteroatoms. The molecule has 1 aromatic heterocycles. The fraction of sp³-hybridized carbons (Fsp3) is 0.143. The maximum atomic E-state index is 11.5. The number of hydrogen-bond donors (Lipinski definition) is 2. The van der Waals surface area contributed by atoms with Gasteiger partial charge in [-0.2, -0.15) is 5.26 Å². The lowest BCUT2D eigenvalue weighted by molar-refractivity contribution is 0.416. The van der Waals surface area contributed by atoms with Crippen LogP contribution in [0.2, 0.25) is 0 Å². The zero-order chi connectivity index (χ0) is 14.0. The molecule has 5 nitrogen and oxygen atoms in total. The van der Waals surface area contributed by atoms with E-state index in [1.807, 2.05) is 19.1 Å². The molecule has 1 aromatic carbocycles. The van der Waals surface area contributed by atoms with Crippen LogP contribution in [0.15, 0.2) is 29.1 Å². The van der Waals surface area contributed by atoms with Gasteiger partial charge in [0, 0.05) is 17.2 Å². The normalized spacial score (nSPS) is 9.95. The van der Waals surface area contributed by atoms with Crippen molar-refractivity contribution < 1.29 is 9.84 Å². The summed E-state index contributed by atoms with van der Waals surface area (Å²) in [7, 11) is 1.51. The zero-order valence-corrected chi connectivity index (χ0v) is 10.5. The fourth-order valence-corrected chi connectivity index (χ4v) is 1.90. The smallest absolute Gasteiger partial charge is 0.251 e. The lowest BCUT2D eigenvalue weighted by Gasteiger charge is -2.11. The summed E-state index contributed by atoms with van der Waals surface area (Å²) in [5.41, 5.74) is 1.45. The van der Waals surface area contributed by atoms with Gasteiger partial charge in [0.15, 0.2) is 0 Å². The Morgan fingerprint density at radius 3 is 2.68 bits per heavy atom. The average Bonchev–Trinajstić information content (AvgIpc) is 2.37. The van der Waals surface area contributed by atoms with Gasteiger partial charge < -0.3 is 9.84 Å². The van der Waals surface area contributed by atoms with Gasteiger partial charge in [-0.15, -0.1) is 0 Å². The first-order valence-electron chi connectivity index (χ1n) is 5.58. The van der Waals surface area contributed by atoms with Crippen molar-refractivity contribution >= 4 is 0 Å². The molecule has 2 aromatic rings. The highest BCUT2D eigenvalue weighted by molar-refractivity contribution is 5.77. The van der Waals surface area contributed by atoms with E-state index < -0.39 is 11.4 Å². The molecule has 0 fully saturated rings. The third-order valence-electron chi connectivity index (χ3n) is 2.78. The van der Waals surface area contributed by atoms with E-state index in [4.69, 9.17) is 10.00 Å². The number of aromatic amines is 1. The van der Waals surface area contributed by atoms with Gasteiger partial charge in [-0.25, -0.2) is 0 Å². The Kier molecular flexibility index (Phi) is 3.25. The van der Waals surface area contributed by atoms with Gasteiger partial charge in [-0.3, -0.25) is 9.78 Å². The molecule has 96 valence electrons. The van der Waals surface area contributed by atoms with Crippen molar-refractivity contribution in [2.45, 2.75) is 6.92 Å². The Labute approximate surface area is 109 Å². The number of benzene rings is 1. The van der Waals surface area contributed by atoms with E-state index in [2.05, 4.69) is 4.98 Å². The van der Waals surface area contributed by atoms with Crippen LogP contribution in [-0.2, 0) is 0 Å². The minimum absolute atomic E-state index is 0.0171. The Morgan fingerprint density at radius 2 is 2.05 bits per heavy atom. The molecule has 0 bridgehead atoms. The lowest BCUT2D eigenvalue weighted by atomic mass is 9.99. The summed E-state index contributed by atoms with van der Waals surface area (Å²) in [5.74, 6) is 0.0978. The molecule has 0 amide bonds. The van der Waals surface area contributed by atoms with Crippen molar-refractivity contribution in [1.82, 2.24) is 4.98 Å². The van der Waals surface area contributed by atoms with E-state index in [0.717, 1.165) is 5.56 Å². The van der Waals surface area contributed by atoms with E-state index in [9.17, 15) is 9.90 Å². The predicted molar refractivity (Wildman–Crippen MR) is 70.2 cm³/mol. The minimum Gasteiger partial charge on any atom is -0.496 e. The molecule has 0 saturated heterocycles. The van der Waals surface area contributed by atoms with Crippen LogP contribution >= 0.6 is 0 Å². The number of aryl methyl sites for hydroxylation is 1. The van der Waals surface area contributed by atoms with Gasteiger partial charge in [0.25, 0.3) is 5.56 Å². The first-order chi connectivity index (χ1) is 9.06. The van der Waals surface area contributed by atoms with Gasteiger partial charge in [-0.05, 0) is 19.1 Å². The van der Waals surface area contributed by atoms with Crippen LogP contribution in [0.1, 0.15) is 11.1 Å². The van der Waals surface area contributed by atoms with Crippen LogP contribution in [0.25, 0.3) is 11.1 Å². The topological polar surface area (TPSA) is 86.1 Å². The van der Waals surface area contributed by atoms with Crippen LogP contribution in [-0.4, -0.2) is 17.2 Å². The second-order valence-corrected chi connectivity index (χ2v) is 4.09. The molecule has 1 heterocycles. The van der Waals surface area contributed by atoms with E-state index in [0.29, 0.717) is 16.9 Å². The quantitative estimate of drug-likeness (QED) is 0.859. The highest BCUT2D eigenvalue weighted by Crippen LogP contribution is 2.34. The van der Waals surface area contributed by atoms with E-state index in [-0.39, 0.29) is 5.56 Å². The van der Waals surface area contributed by atoms with Crippen molar-refractivity contribution in [2.75, 3.05) is 7.11 Å². The largest absolute Gasteiger partial charge is 0.496 e. The third kappa shape index (κ3) is 2.29. The molecular formula is C14H12N2O3. The van der Waals surface area contributed by atoms with Crippen molar-refractivity contribution in [2.24, 2.45) is 0 Å². The molecule has 0 radical (unpaired) electrons. The molecule has 0 saturated carbocycles. The summed E-state index contributed by atoms with van der Waals surface area (Å²) in [6.45, 7) is 1.89.